The second-order valence-corrected chi connectivity index (χ2v) is 6.66. The number of benzene rings is 1. The van der Waals surface area contributed by atoms with Crippen molar-refractivity contribution in [1.82, 2.24) is 15.6 Å². The third kappa shape index (κ3) is 5.93. The van der Waals surface area contributed by atoms with Crippen LogP contribution in [0.25, 0.3) is 0 Å². The number of nitrogens with zero attached hydrogens (tertiary/aromatic N) is 2. The molecule has 1 aliphatic rings. The van der Waals surface area contributed by atoms with Crippen LogP contribution in [0.3, 0.4) is 0 Å². The highest BCUT2D eigenvalue weighted by Crippen LogP contribution is 2.33. The summed E-state index contributed by atoms with van der Waals surface area (Å²) in [7, 11) is 1.77. The molecule has 2 unspecified atom stereocenters. The first-order valence-corrected chi connectivity index (χ1v) is 9.21. The average molecular weight is 484 g/mol. The minimum absolute atomic E-state index is 0. The van der Waals surface area contributed by atoms with E-state index < -0.39 is 0 Å². The number of rotatable bonds is 5. The van der Waals surface area contributed by atoms with E-state index in [9.17, 15) is 0 Å². The molecule has 1 aromatic carbocycles. The molecule has 6 nitrogen and oxygen atoms in total. The molecular formula is C20H29IN4O2. The van der Waals surface area contributed by atoms with E-state index in [1.54, 1.807) is 7.05 Å². The van der Waals surface area contributed by atoms with Crippen LogP contribution in [0.2, 0.25) is 0 Å². The second kappa shape index (κ2) is 10.7. The molecule has 2 atom stereocenters. The standard InChI is InChI=1S/C20H28N4O2.HI/c1-14-15(2)26-18(24-14)13-23-20(21-3)22-12-17-10-7-11-25-19(17)16-8-5-4-6-9-16;/h4-6,8-9,17,19H,7,10-13H2,1-3H3,(H2,21,22,23);1H. The Balaban J connectivity index is 0.00000261. The van der Waals surface area contributed by atoms with Gasteiger partial charge in [-0.15, -0.1) is 24.0 Å². The number of oxazole rings is 1. The van der Waals surface area contributed by atoms with Crippen molar-refractivity contribution in [3.05, 3.63) is 53.2 Å². The summed E-state index contributed by atoms with van der Waals surface area (Å²) in [5.41, 5.74) is 2.17. The topological polar surface area (TPSA) is 71.7 Å². The zero-order valence-electron chi connectivity index (χ0n) is 16.2. The van der Waals surface area contributed by atoms with E-state index in [0.717, 1.165) is 43.4 Å². The molecule has 148 valence electrons. The molecule has 2 heterocycles. The minimum Gasteiger partial charge on any atom is -0.444 e. The van der Waals surface area contributed by atoms with E-state index in [1.807, 2.05) is 19.9 Å². The lowest BCUT2D eigenvalue weighted by Crippen LogP contribution is -2.41. The number of aromatic nitrogens is 1. The van der Waals surface area contributed by atoms with Gasteiger partial charge in [-0.1, -0.05) is 30.3 Å². The number of aryl methyl sites for hydroxylation is 2. The fourth-order valence-corrected chi connectivity index (χ4v) is 3.29. The van der Waals surface area contributed by atoms with Crippen molar-refractivity contribution >= 4 is 29.9 Å². The SMILES string of the molecule is CN=C(NCc1nc(C)c(C)o1)NCC1CCCOC1c1ccccc1.I. The predicted molar refractivity (Wildman–Crippen MR) is 117 cm³/mol. The molecule has 0 bridgehead atoms. The van der Waals surface area contributed by atoms with Gasteiger partial charge in [0, 0.05) is 26.1 Å². The summed E-state index contributed by atoms with van der Waals surface area (Å²) in [5, 5.41) is 6.68. The molecular weight excluding hydrogens is 455 g/mol. The largest absolute Gasteiger partial charge is 0.444 e. The molecule has 1 saturated heterocycles. The number of aliphatic imine (C=N–C) groups is 1. The maximum atomic E-state index is 6.06. The van der Waals surface area contributed by atoms with Crippen LogP contribution in [0.5, 0.6) is 0 Å². The molecule has 2 aromatic rings. The van der Waals surface area contributed by atoms with E-state index in [4.69, 9.17) is 9.15 Å². The Morgan fingerprint density at radius 2 is 2.00 bits per heavy atom. The van der Waals surface area contributed by atoms with Gasteiger partial charge >= 0.3 is 0 Å². The fourth-order valence-electron chi connectivity index (χ4n) is 3.29. The predicted octanol–water partition coefficient (Wildman–Crippen LogP) is 3.74. The van der Waals surface area contributed by atoms with Gasteiger partial charge in [0.2, 0.25) is 5.89 Å². The second-order valence-electron chi connectivity index (χ2n) is 6.66. The first kappa shape index (κ1) is 21.7. The van der Waals surface area contributed by atoms with Crippen molar-refractivity contribution in [3.8, 4) is 0 Å². The lowest BCUT2D eigenvalue weighted by molar-refractivity contribution is -0.0265. The Bertz CT molecular complexity index is 713. The molecule has 27 heavy (non-hydrogen) atoms. The first-order chi connectivity index (χ1) is 12.7. The first-order valence-electron chi connectivity index (χ1n) is 9.21. The van der Waals surface area contributed by atoms with Crippen molar-refractivity contribution < 1.29 is 9.15 Å². The molecule has 0 radical (unpaired) electrons. The summed E-state index contributed by atoms with van der Waals surface area (Å²) in [4.78, 5) is 8.68. The van der Waals surface area contributed by atoms with E-state index in [2.05, 4.69) is 44.9 Å². The molecule has 1 aliphatic heterocycles. The Kier molecular flexibility index (Phi) is 8.56. The lowest BCUT2D eigenvalue weighted by atomic mass is 9.89. The van der Waals surface area contributed by atoms with Crippen molar-refractivity contribution in [2.75, 3.05) is 20.2 Å². The van der Waals surface area contributed by atoms with Gasteiger partial charge in [0.15, 0.2) is 5.96 Å². The maximum Gasteiger partial charge on any atom is 0.214 e. The van der Waals surface area contributed by atoms with Crippen molar-refractivity contribution in [2.24, 2.45) is 10.9 Å². The molecule has 0 amide bonds. The zero-order valence-corrected chi connectivity index (χ0v) is 18.5. The smallest absolute Gasteiger partial charge is 0.214 e. The van der Waals surface area contributed by atoms with Gasteiger partial charge in [-0.2, -0.15) is 0 Å². The molecule has 0 spiro atoms. The van der Waals surface area contributed by atoms with Gasteiger partial charge in [0.1, 0.15) is 5.76 Å². The molecule has 1 fully saturated rings. The molecule has 7 heteroatoms. The van der Waals surface area contributed by atoms with Crippen molar-refractivity contribution in [1.29, 1.82) is 0 Å². The van der Waals surface area contributed by atoms with Gasteiger partial charge in [-0.05, 0) is 32.3 Å². The van der Waals surface area contributed by atoms with Crippen LogP contribution < -0.4 is 10.6 Å². The summed E-state index contributed by atoms with van der Waals surface area (Å²) >= 11 is 0. The average Bonchev–Trinajstić information content (AvgIpc) is 3.00. The highest BCUT2D eigenvalue weighted by atomic mass is 127. The van der Waals surface area contributed by atoms with Crippen molar-refractivity contribution in [3.63, 3.8) is 0 Å². The van der Waals surface area contributed by atoms with Gasteiger partial charge in [-0.3, -0.25) is 4.99 Å². The number of guanidine groups is 1. The zero-order chi connectivity index (χ0) is 18.4. The van der Waals surface area contributed by atoms with E-state index >= 15 is 0 Å². The highest BCUT2D eigenvalue weighted by molar-refractivity contribution is 14.0. The lowest BCUT2D eigenvalue weighted by Gasteiger charge is -2.32. The molecule has 1 aromatic heterocycles. The Labute approximate surface area is 178 Å². The summed E-state index contributed by atoms with van der Waals surface area (Å²) in [6.07, 6.45) is 2.37. The summed E-state index contributed by atoms with van der Waals surface area (Å²) in [6, 6.07) is 10.5. The van der Waals surface area contributed by atoms with Gasteiger partial charge in [0.05, 0.1) is 18.3 Å². The quantitative estimate of drug-likeness (QED) is 0.385. The molecule has 3 rings (SSSR count). The van der Waals surface area contributed by atoms with Crippen LogP contribution in [0.15, 0.2) is 39.7 Å². The molecule has 0 aliphatic carbocycles. The summed E-state index contributed by atoms with van der Waals surface area (Å²) in [6.45, 7) is 6.01. The Morgan fingerprint density at radius 1 is 1.22 bits per heavy atom. The van der Waals surface area contributed by atoms with Gasteiger partial charge < -0.3 is 19.8 Å². The number of hydrogen-bond acceptors (Lipinski definition) is 4. The van der Waals surface area contributed by atoms with Crippen molar-refractivity contribution in [2.45, 2.75) is 39.3 Å². The summed E-state index contributed by atoms with van der Waals surface area (Å²) < 4.78 is 11.7. The number of ether oxygens (including phenoxy) is 1. The Morgan fingerprint density at radius 3 is 2.67 bits per heavy atom. The van der Waals surface area contributed by atoms with Crippen LogP contribution in [0.4, 0.5) is 0 Å². The summed E-state index contributed by atoms with van der Waals surface area (Å²) in [5.74, 6) is 2.69. The molecule has 2 N–H and O–H groups in total. The van der Waals surface area contributed by atoms with Crippen LogP contribution >= 0.6 is 24.0 Å². The Hall–Kier alpha value is -1.61. The third-order valence-corrected chi connectivity index (χ3v) is 4.81. The third-order valence-electron chi connectivity index (χ3n) is 4.81. The fraction of sp³-hybridized carbons (Fsp3) is 0.500. The normalized spacial score (nSPS) is 20.0. The monoisotopic (exact) mass is 484 g/mol. The van der Waals surface area contributed by atoms with Crippen LogP contribution in [-0.4, -0.2) is 31.1 Å². The minimum atomic E-state index is 0. The van der Waals surface area contributed by atoms with E-state index in [0.29, 0.717) is 18.4 Å². The number of hydrogen-bond donors (Lipinski definition) is 2. The van der Waals surface area contributed by atoms with Gasteiger partial charge in [0.25, 0.3) is 0 Å². The van der Waals surface area contributed by atoms with E-state index in [-0.39, 0.29) is 30.1 Å². The van der Waals surface area contributed by atoms with Crippen LogP contribution in [-0.2, 0) is 11.3 Å². The van der Waals surface area contributed by atoms with Crippen LogP contribution in [0, 0.1) is 19.8 Å². The van der Waals surface area contributed by atoms with Gasteiger partial charge in [-0.25, -0.2) is 4.98 Å². The molecule has 0 saturated carbocycles. The maximum absolute atomic E-state index is 6.06. The van der Waals surface area contributed by atoms with E-state index in [1.165, 1.54) is 5.56 Å². The van der Waals surface area contributed by atoms with Crippen LogP contribution in [0.1, 0.15) is 41.9 Å². The highest BCUT2D eigenvalue weighted by Gasteiger charge is 2.27. The number of halogens is 1. The number of nitrogens with one attached hydrogen (secondary N) is 2.